The third-order valence-electron chi connectivity index (χ3n) is 4.61. The fourth-order valence-electron chi connectivity index (χ4n) is 2.82. The number of benzene rings is 3. The number of hydrogen-bond acceptors (Lipinski definition) is 2. The molecule has 0 aliphatic heterocycles. The van der Waals surface area contributed by atoms with Gasteiger partial charge in [-0.05, 0) is 53.8 Å². The first-order valence-corrected chi connectivity index (χ1v) is 9.58. The molecule has 0 saturated carbocycles. The highest BCUT2D eigenvalue weighted by atomic mass is 19.2. The number of ether oxygens (including phenoxy) is 2. The molecule has 0 aliphatic rings. The van der Waals surface area contributed by atoms with Crippen LogP contribution in [0.3, 0.4) is 0 Å². The van der Waals surface area contributed by atoms with Gasteiger partial charge in [-0.2, -0.15) is 4.39 Å². The van der Waals surface area contributed by atoms with Gasteiger partial charge in [-0.25, -0.2) is 8.78 Å². The number of aryl methyl sites for hydroxylation is 1. The Hall–Kier alpha value is -2.95. The zero-order chi connectivity index (χ0) is 20.8. The van der Waals surface area contributed by atoms with Crippen molar-refractivity contribution in [1.29, 1.82) is 0 Å². The van der Waals surface area contributed by atoms with Crippen molar-refractivity contribution in [3.63, 3.8) is 0 Å². The van der Waals surface area contributed by atoms with Crippen molar-refractivity contribution >= 4 is 0 Å². The van der Waals surface area contributed by atoms with Crippen LogP contribution in [0.5, 0.6) is 11.5 Å². The molecular formula is C24H23F3O2. The Morgan fingerprint density at radius 2 is 1.45 bits per heavy atom. The summed E-state index contributed by atoms with van der Waals surface area (Å²) in [4.78, 5) is 0. The van der Waals surface area contributed by atoms with Gasteiger partial charge in [0.05, 0.1) is 6.61 Å². The lowest BCUT2D eigenvalue weighted by Gasteiger charge is -2.10. The van der Waals surface area contributed by atoms with Crippen molar-refractivity contribution in [2.45, 2.75) is 33.3 Å². The van der Waals surface area contributed by atoms with E-state index in [1.54, 1.807) is 24.3 Å². The zero-order valence-corrected chi connectivity index (χ0v) is 16.5. The van der Waals surface area contributed by atoms with E-state index >= 15 is 0 Å². The maximum atomic E-state index is 14.2. The molecule has 3 rings (SSSR count). The standard InChI is InChI=1S/C24H23F3O2/c1-3-4-13-28-21-12-10-19(14-20(21)25)18-8-6-17(7-9-18)15-29-22-11-5-16(2)23(26)24(22)27/h5-12,14H,3-4,13,15H2,1-2H3. The fraction of sp³-hybridized carbons (Fsp3) is 0.250. The predicted octanol–water partition coefficient (Wildman–Crippen LogP) is 6.84. The molecule has 0 fully saturated rings. The molecule has 5 heteroatoms. The summed E-state index contributed by atoms with van der Waals surface area (Å²) in [6.45, 7) is 4.13. The smallest absolute Gasteiger partial charge is 0.200 e. The van der Waals surface area contributed by atoms with E-state index in [4.69, 9.17) is 9.47 Å². The largest absolute Gasteiger partial charge is 0.491 e. The predicted molar refractivity (Wildman–Crippen MR) is 108 cm³/mol. The molecule has 3 aromatic carbocycles. The highest BCUT2D eigenvalue weighted by molar-refractivity contribution is 5.64. The Morgan fingerprint density at radius 3 is 2.14 bits per heavy atom. The Kier molecular flexibility index (Phi) is 6.81. The summed E-state index contributed by atoms with van der Waals surface area (Å²) >= 11 is 0. The van der Waals surface area contributed by atoms with E-state index in [1.807, 2.05) is 19.1 Å². The van der Waals surface area contributed by atoms with Crippen molar-refractivity contribution in [2.75, 3.05) is 6.61 Å². The summed E-state index contributed by atoms with van der Waals surface area (Å²) in [5.74, 6) is -2.17. The summed E-state index contributed by atoms with van der Waals surface area (Å²) in [5, 5.41) is 0. The molecule has 0 unspecified atom stereocenters. The molecule has 152 valence electrons. The SMILES string of the molecule is CCCCOc1ccc(-c2ccc(COc3ccc(C)c(F)c3F)cc2)cc1F. The summed E-state index contributed by atoms with van der Waals surface area (Å²) in [6.07, 6.45) is 1.87. The molecule has 0 amide bonds. The fourth-order valence-corrected chi connectivity index (χ4v) is 2.82. The van der Waals surface area contributed by atoms with Gasteiger partial charge in [-0.1, -0.05) is 49.7 Å². The summed E-state index contributed by atoms with van der Waals surface area (Å²) in [6, 6.07) is 15.0. The van der Waals surface area contributed by atoms with Crippen LogP contribution in [-0.4, -0.2) is 6.61 Å². The van der Waals surface area contributed by atoms with Gasteiger partial charge in [0.1, 0.15) is 6.61 Å². The number of hydrogen-bond donors (Lipinski definition) is 0. The van der Waals surface area contributed by atoms with Crippen LogP contribution in [0.2, 0.25) is 0 Å². The second-order valence-electron chi connectivity index (χ2n) is 6.84. The topological polar surface area (TPSA) is 18.5 Å². The third-order valence-corrected chi connectivity index (χ3v) is 4.61. The van der Waals surface area contributed by atoms with Crippen LogP contribution in [0, 0.1) is 24.4 Å². The van der Waals surface area contributed by atoms with Gasteiger partial charge < -0.3 is 9.47 Å². The van der Waals surface area contributed by atoms with Gasteiger partial charge in [0.15, 0.2) is 23.1 Å². The number of rotatable bonds is 8. The van der Waals surface area contributed by atoms with Crippen LogP contribution in [0.1, 0.15) is 30.9 Å². The van der Waals surface area contributed by atoms with Gasteiger partial charge in [-0.15, -0.1) is 0 Å². The van der Waals surface area contributed by atoms with Crippen LogP contribution >= 0.6 is 0 Å². The van der Waals surface area contributed by atoms with E-state index in [-0.39, 0.29) is 23.7 Å². The zero-order valence-electron chi connectivity index (χ0n) is 16.5. The normalized spacial score (nSPS) is 10.8. The minimum absolute atomic E-state index is 0.0955. The van der Waals surface area contributed by atoms with Gasteiger partial charge in [0.25, 0.3) is 0 Å². The van der Waals surface area contributed by atoms with Crippen LogP contribution in [0.4, 0.5) is 13.2 Å². The van der Waals surface area contributed by atoms with Gasteiger partial charge in [0.2, 0.25) is 5.82 Å². The maximum Gasteiger partial charge on any atom is 0.200 e. The first-order valence-electron chi connectivity index (χ1n) is 9.58. The Morgan fingerprint density at radius 1 is 0.759 bits per heavy atom. The lowest BCUT2D eigenvalue weighted by atomic mass is 10.0. The monoisotopic (exact) mass is 400 g/mol. The number of unbranched alkanes of at least 4 members (excludes halogenated alkanes) is 1. The summed E-state index contributed by atoms with van der Waals surface area (Å²) in [7, 11) is 0. The van der Waals surface area contributed by atoms with Crippen LogP contribution in [-0.2, 0) is 6.61 Å². The molecule has 0 spiro atoms. The summed E-state index contributed by atoms with van der Waals surface area (Å²) in [5.41, 5.74) is 2.58. The highest BCUT2D eigenvalue weighted by Gasteiger charge is 2.12. The second-order valence-corrected chi connectivity index (χ2v) is 6.84. The molecule has 0 heterocycles. The Labute approximate surface area is 168 Å². The van der Waals surface area contributed by atoms with E-state index in [0.717, 1.165) is 29.5 Å². The molecule has 0 atom stereocenters. The van der Waals surface area contributed by atoms with Crippen LogP contribution in [0.15, 0.2) is 54.6 Å². The minimum Gasteiger partial charge on any atom is -0.491 e. The van der Waals surface area contributed by atoms with Gasteiger partial charge in [0, 0.05) is 0 Å². The van der Waals surface area contributed by atoms with Gasteiger partial charge in [-0.3, -0.25) is 0 Å². The maximum absolute atomic E-state index is 14.2. The van der Waals surface area contributed by atoms with E-state index < -0.39 is 17.5 Å². The first-order chi connectivity index (χ1) is 14.0. The lowest BCUT2D eigenvalue weighted by Crippen LogP contribution is -2.00. The minimum atomic E-state index is -0.988. The van der Waals surface area contributed by atoms with E-state index in [1.165, 1.54) is 25.1 Å². The van der Waals surface area contributed by atoms with Crippen LogP contribution < -0.4 is 9.47 Å². The summed E-state index contributed by atoms with van der Waals surface area (Å²) < 4.78 is 52.6. The van der Waals surface area contributed by atoms with Crippen molar-refractivity contribution in [3.05, 3.63) is 83.2 Å². The molecule has 29 heavy (non-hydrogen) atoms. The molecule has 0 aliphatic carbocycles. The molecule has 0 aromatic heterocycles. The van der Waals surface area contributed by atoms with Gasteiger partial charge >= 0.3 is 0 Å². The second kappa shape index (κ2) is 9.50. The van der Waals surface area contributed by atoms with E-state index in [2.05, 4.69) is 0 Å². The lowest BCUT2D eigenvalue weighted by molar-refractivity contribution is 0.284. The van der Waals surface area contributed by atoms with Crippen molar-refractivity contribution in [2.24, 2.45) is 0 Å². The first kappa shape index (κ1) is 20.8. The third kappa shape index (κ3) is 5.11. The molecule has 0 N–H and O–H groups in total. The molecule has 0 saturated heterocycles. The Bertz CT molecular complexity index is 969. The average Bonchev–Trinajstić information content (AvgIpc) is 2.73. The average molecular weight is 400 g/mol. The van der Waals surface area contributed by atoms with E-state index in [9.17, 15) is 13.2 Å². The highest BCUT2D eigenvalue weighted by Crippen LogP contribution is 2.27. The molecule has 2 nitrogen and oxygen atoms in total. The van der Waals surface area contributed by atoms with Crippen LogP contribution in [0.25, 0.3) is 11.1 Å². The van der Waals surface area contributed by atoms with Crippen molar-refractivity contribution in [1.82, 2.24) is 0 Å². The molecule has 0 radical (unpaired) electrons. The van der Waals surface area contributed by atoms with Crippen molar-refractivity contribution < 1.29 is 22.6 Å². The molecular weight excluding hydrogens is 377 g/mol. The number of halogens is 3. The van der Waals surface area contributed by atoms with Crippen molar-refractivity contribution in [3.8, 4) is 22.6 Å². The Balaban J connectivity index is 1.66. The van der Waals surface area contributed by atoms with E-state index in [0.29, 0.717) is 6.61 Å². The molecule has 3 aromatic rings. The molecule has 0 bridgehead atoms. The quantitative estimate of drug-likeness (QED) is 0.386.